The molecule has 38 heavy (non-hydrogen) atoms. The first kappa shape index (κ1) is 29.9. The number of benzene rings is 2. The lowest BCUT2D eigenvalue weighted by molar-refractivity contribution is -0.115. The van der Waals surface area contributed by atoms with Gasteiger partial charge < -0.3 is 10.6 Å². The molecular weight excluding hydrogens is 520 g/mol. The zero-order valence-electron chi connectivity index (χ0n) is 22.4. The molecule has 0 saturated heterocycles. The molecule has 1 aliphatic rings. The molecule has 0 fully saturated rings. The molecule has 3 atom stereocenters. The third kappa shape index (κ3) is 7.94. The van der Waals surface area contributed by atoms with Crippen molar-refractivity contribution in [2.75, 3.05) is 5.32 Å². The summed E-state index contributed by atoms with van der Waals surface area (Å²) in [6.07, 6.45) is 9.63. The van der Waals surface area contributed by atoms with Crippen LogP contribution in [-0.4, -0.2) is 17.7 Å². The molecule has 1 aliphatic carbocycles. The number of nitrogens with one attached hydrogen (secondary N) is 3. The van der Waals surface area contributed by atoms with E-state index in [4.69, 9.17) is 28.6 Å². The summed E-state index contributed by atoms with van der Waals surface area (Å²) in [5.41, 5.74) is 2.98. The number of carbonyl (C=O) groups excluding carboxylic acids is 1. The number of amides is 1. The first-order valence-electron chi connectivity index (χ1n) is 13.5. The second-order valence-corrected chi connectivity index (χ2v) is 10.7. The molecule has 4 nitrogen and oxygen atoms in total. The Hall–Kier alpha value is -2.63. The van der Waals surface area contributed by atoms with Gasteiger partial charge >= 0.3 is 0 Å². The van der Waals surface area contributed by atoms with Gasteiger partial charge in [0.15, 0.2) is 0 Å². The Kier molecular flexibility index (Phi) is 11.4. The molecule has 204 valence electrons. The Morgan fingerprint density at radius 1 is 1.16 bits per heavy atom. The Balaban J connectivity index is 2.01. The van der Waals surface area contributed by atoms with Crippen LogP contribution in [0.1, 0.15) is 64.9 Å². The van der Waals surface area contributed by atoms with Gasteiger partial charge in [0.1, 0.15) is 11.5 Å². The molecule has 0 heterocycles. The van der Waals surface area contributed by atoms with E-state index in [0.717, 1.165) is 43.4 Å². The first-order valence-corrected chi connectivity index (χ1v) is 14.2. The van der Waals surface area contributed by atoms with Crippen molar-refractivity contribution < 1.29 is 9.18 Å². The molecule has 0 spiro atoms. The minimum Gasteiger partial charge on any atom is -0.357 e. The highest BCUT2D eigenvalue weighted by Gasteiger charge is 2.29. The lowest BCUT2D eigenvalue weighted by Gasteiger charge is -2.26. The molecule has 3 N–H and O–H groups in total. The fraction of sp³-hybridized carbons (Fsp3) is 0.419. The molecule has 2 unspecified atom stereocenters. The van der Waals surface area contributed by atoms with Crippen LogP contribution in [0.3, 0.4) is 0 Å². The molecule has 2 aromatic carbocycles. The van der Waals surface area contributed by atoms with Crippen LogP contribution in [0.5, 0.6) is 0 Å². The zero-order valence-corrected chi connectivity index (χ0v) is 23.9. The lowest BCUT2D eigenvalue weighted by Crippen LogP contribution is -2.43. The monoisotopic (exact) mass is 557 g/mol. The van der Waals surface area contributed by atoms with Crippen LogP contribution in [-0.2, 0) is 11.2 Å². The number of rotatable bonds is 11. The summed E-state index contributed by atoms with van der Waals surface area (Å²) < 4.78 is 14.0. The van der Waals surface area contributed by atoms with Gasteiger partial charge in [-0.05, 0) is 87.3 Å². The molecule has 0 saturated carbocycles. The summed E-state index contributed by atoms with van der Waals surface area (Å²) in [5.74, 6) is -0.485. The number of anilines is 1. The molecule has 0 radical (unpaired) electrons. The average molecular weight is 559 g/mol. The van der Waals surface area contributed by atoms with E-state index in [9.17, 15) is 9.18 Å². The molecule has 1 amide bonds. The minimum absolute atomic E-state index is 0.0301. The van der Waals surface area contributed by atoms with Gasteiger partial charge in [0, 0.05) is 28.3 Å². The van der Waals surface area contributed by atoms with Crippen LogP contribution < -0.4 is 10.6 Å². The summed E-state index contributed by atoms with van der Waals surface area (Å²) in [6, 6.07) is 11.8. The molecule has 3 rings (SSSR count). The van der Waals surface area contributed by atoms with Gasteiger partial charge in [0.05, 0.1) is 10.7 Å². The number of hydrogen-bond acceptors (Lipinski definition) is 3. The maximum Gasteiger partial charge on any atom is 0.269 e. The number of hydrogen-bond donors (Lipinski definition) is 3. The Bertz CT molecular complexity index is 1190. The van der Waals surface area contributed by atoms with E-state index in [0.29, 0.717) is 34.1 Å². The highest BCUT2D eigenvalue weighted by Crippen LogP contribution is 2.35. The highest BCUT2D eigenvalue weighted by molar-refractivity contribution is 6.44. The van der Waals surface area contributed by atoms with Crippen molar-refractivity contribution in [1.29, 1.82) is 5.41 Å². The molecule has 0 aromatic heterocycles. The molecular formula is C31H38Cl2FN3O. The minimum atomic E-state index is -0.372. The second-order valence-electron chi connectivity index (χ2n) is 9.88. The van der Waals surface area contributed by atoms with Gasteiger partial charge in [-0.25, -0.2) is 4.39 Å². The third-order valence-corrected chi connectivity index (χ3v) is 7.80. The summed E-state index contributed by atoms with van der Waals surface area (Å²) in [4.78, 5) is 13.5. The van der Waals surface area contributed by atoms with E-state index >= 15 is 0 Å². The van der Waals surface area contributed by atoms with Gasteiger partial charge in [-0.2, -0.15) is 0 Å². The predicted octanol–water partition coefficient (Wildman–Crippen LogP) is 8.75. The Labute approximate surface area is 236 Å². The van der Waals surface area contributed by atoms with Gasteiger partial charge in [-0.15, -0.1) is 0 Å². The van der Waals surface area contributed by atoms with Gasteiger partial charge in [-0.3, -0.25) is 10.2 Å². The van der Waals surface area contributed by atoms with Crippen molar-refractivity contribution in [2.45, 2.75) is 71.8 Å². The summed E-state index contributed by atoms with van der Waals surface area (Å²) in [5, 5.41) is 16.6. The van der Waals surface area contributed by atoms with Crippen LogP contribution in [0.4, 0.5) is 10.1 Å². The van der Waals surface area contributed by atoms with Crippen molar-refractivity contribution >= 4 is 40.5 Å². The predicted molar refractivity (Wildman–Crippen MR) is 158 cm³/mol. The van der Waals surface area contributed by atoms with Crippen LogP contribution in [0.25, 0.3) is 0 Å². The SMILES string of the molecule is C/C=C\C(CC)[C@H](CC)NC(=O)C(=N)C1=C(Nc2ccc(Cl)cc2Cl)C(Cc2cccc(F)c2)CCCC1. The molecule has 0 aliphatic heterocycles. The number of allylic oxidation sites excluding steroid dienone is 2. The molecule has 7 heteroatoms. The summed E-state index contributed by atoms with van der Waals surface area (Å²) >= 11 is 12.6. The summed E-state index contributed by atoms with van der Waals surface area (Å²) in [6.45, 7) is 6.14. The standard InChI is InChI=1S/C31H38Cl2FN3O/c1-4-10-21(5-2)27(6-3)37-31(38)29(35)25-14-8-7-12-22(17-20-11-9-13-24(34)18-20)30(25)36-28-16-15-23(32)19-26(28)33/h4,9-11,13,15-16,18-19,21-22,27,35-36H,5-8,12,14,17H2,1-3H3,(H,37,38)/b10-4-,35-29?/t21?,22?,27-/m0/s1. The van der Waals surface area contributed by atoms with Crippen molar-refractivity contribution in [3.05, 3.63) is 87.3 Å². The maximum atomic E-state index is 14.0. The van der Waals surface area contributed by atoms with Gasteiger partial charge in [-0.1, -0.05) is 67.8 Å². The van der Waals surface area contributed by atoms with Gasteiger partial charge in [0.25, 0.3) is 5.91 Å². The number of carbonyl (C=O) groups is 1. The molecule has 0 bridgehead atoms. The quantitative estimate of drug-likeness (QED) is 0.191. The number of halogens is 3. The van der Waals surface area contributed by atoms with E-state index in [2.05, 4.69) is 30.6 Å². The largest absolute Gasteiger partial charge is 0.357 e. The Morgan fingerprint density at radius 2 is 1.95 bits per heavy atom. The third-order valence-electron chi connectivity index (χ3n) is 7.25. The van der Waals surface area contributed by atoms with Crippen LogP contribution in [0.2, 0.25) is 10.0 Å². The van der Waals surface area contributed by atoms with Crippen LogP contribution in [0, 0.1) is 23.1 Å². The van der Waals surface area contributed by atoms with E-state index in [1.54, 1.807) is 30.3 Å². The van der Waals surface area contributed by atoms with Crippen LogP contribution >= 0.6 is 23.2 Å². The zero-order chi connectivity index (χ0) is 27.7. The van der Waals surface area contributed by atoms with Crippen molar-refractivity contribution in [3.63, 3.8) is 0 Å². The van der Waals surface area contributed by atoms with Crippen molar-refractivity contribution in [2.24, 2.45) is 11.8 Å². The highest BCUT2D eigenvalue weighted by atomic mass is 35.5. The first-order chi connectivity index (χ1) is 18.3. The average Bonchev–Trinajstić information content (AvgIpc) is 3.09. The van der Waals surface area contributed by atoms with E-state index < -0.39 is 0 Å². The smallest absolute Gasteiger partial charge is 0.269 e. The van der Waals surface area contributed by atoms with Crippen LogP contribution in [0.15, 0.2) is 65.9 Å². The topological polar surface area (TPSA) is 65.0 Å². The Morgan fingerprint density at radius 3 is 2.61 bits per heavy atom. The second kappa shape index (κ2) is 14.5. The summed E-state index contributed by atoms with van der Waals surface area (Å²) in [7, 11) is 0. The van der Waals surface area contributed by atoms with E-state index in [1.165, 1.54) is 6.07 Å². The van der Waals surface area contributed by atoms with Gasteiger partial charge in [0.2, 0.25) is 0 Å². The molecule has 2 aromatic rings. The maximum absolute atomic E-state index is 14.0. The van der Waals surface area contributed by atoms with E-state index in [-0.39, 0.29) is 35.3 Å². The normalized spacial score (nSPS) is 17.7. The van der Waals surface area contributed by atoms with Crippen molar-refractivity contribution in [1.82, 2.24) is 5.32 Å². The van der Waals surface area contributed by atoms with E-state index in [1.807, 2.05) is 19.1 Å². The lowest BCUT2D eigenvalue weighted by atomic mass is 9.89. The fourth-order valence-corrected chi connectivity index (χ4v) is 5.69. The fourth-order valence-electron chi connectivity index (χ4n) is 5.23. The van der Waals surface area contributed by atoms with Crippen molar-refractivity contribution in [3.8, 4) is 0 Å².